The van der Waals surface area contributed by atoms with Gasteiger partial charge in [-0.25, -0.2) is 5.84 Å². The molecule has 6 heteroatoms. The van der Waals surface area contributed by atoms with Gasteiger partial charge in [-0.2, -0.15) is 0 Å². The molecule has 3 rings (SSSR count). The number of nitrogens with two attached hydrogens (primary N) is 1. The molecule has 0 aliphatic carbocycles. The molecule has 1 saturated heterocycles. The number of nitrogens with zero attached hydrogens (tertiary/aromatic N) is 3. The minimum Gasteiger partial charge on any atom is -0.368 e. The third-order valence-electron chi connectivity index (χ3n) is 4.16. The van der Waals surface area contributed by atoms with E-state index in [0.717, 1.165) is 38.2 Å². The smallest absolute Gasteiger partial charge is 0.235 e. The number of nitrogens with one attached hydrogen (secondary N) is 1. The number of carbonyl (C=O) groups is 1. The standard InChI is InChI=1S/C16H21N5O/c17-19-16(22)6-8-20-9-11-21(12-10-20)15-5-7-18-14-4-2-1-3-13(14)15/h1-5,7H,6,8-12,17H2,(H,19,22). The maximum Gasteiger partial charge on any atom is 0.235 e. The highest BCUT2D eigenvalue weighted by atomic mass is 16.2. The zero-order chi connectivity index (χ0) is 15.4. The summed E-state index contributed by atoms with van der Waals surface area (Å²) in [7, 11) is 0. The summed E-state index contributed by atoms with van der Waals surface area (Å²) >= 11 is 0. The van der Waals surface area contributed by atoms with Crippen LogP contribution in [-0.4, -0.2) is 48.5 Å². The number of fused-ring (bicyclic) bond motifs is 1. The molecule has 3 N–H and O–H groups in total. The summed E-state index contributed by atoms with van der Waals surface area (Å²) in [4.78, 5) is 20.3. The third-order valence-corrected chi connectivity index (χ3v) is 4.16. The van der Waals surface area contributed by atoms with Gasteiger partial charge in [-0.15, -0.1) is 0 Å². The molecular formula is C16H21N5O. The van der Waals surface area contributed by atoms with Crippen LogP contribution in [0.2, 0.25) is 0 Å². The predicted molar refractivity (Wildman–Crippen MR) is 87.3 cm³/mol. The first-order valence-corrected chi connectivity index (χ1v) is 7.58. The summed E-state index contributed by atoms with van der Waals surface area (Å²) in [5, 5.41) is 1.20. The highest BCUT2D eigenvalue weighted by molar-refractivity contribution is 5.91. The normalized spacial score (nSPS) is 16.0. The summed E-state index contributed by atoms with van der Waals surface area (Å²) in [6, 6.07) is 10.3. The predicted octanol–water partition coefficient (Wildman–Crippen LogP) is 0.737. The fourth-order valence-electron chi connectivity index (χ4n) is 2.90. The Morgan fingerprint density at radius 1 is 1.18 bits per heavy atom. The van der Waals surface area contributed by atoms with Crippen molar-refractivity contribution in [3.8, 4) is 0 Å². The van der Waals surface area contributed by atoms with Crippen LogP contribution in [0.15, 0.2) is 36.5 Å². The van der Waals surface area contributed by atoms with Gasteiger partial charge in [0.2, 0.25) is 5.91 Å². The second-order valence-corrected chi connectivity index (χ2v) is 5.49. The molecule has 0 unspecified atom stereocenters. The Kier molecular flexibility index (Phi) is 4.50. The molecule has 0 atom stereocenters. The van der Waals surface area contributed by atoms with E-state index in [1.54, 1.807) is 0 Å². The molecule has 1 fully saturated rings. The van der Waals surface area contributed by atoms with Crippen molar-refractivity contribution in [2.24, 2.45) is 5.84 Å². The molecule has 1 aliphatic heterocycles. The Balaban J connectivity index is 1.64. The molecule has 1 aliphatic rings. The maximum absolute atomic E-state index is 11.2. The van der Waals surface area contributed by atoms with Gasteiger partial charge in [0.25, 0.3) is 0 Å². The summed E-state index contributed by atoms with van der Waals surface area (Å²) in [5.74, 6) is 5.00. The van der Waals surface area contributed by atoms with Crippen LogP contribution in [0.3, 0.4) is 0 Å². The summed E-state index contributed by atoms with van der Waals surface area (Å²) in [6.45, 7) is 4.58. The third kappa shape index (κ3) is 3.18. The largest absolute Gasteiger partial charge is 0.368 e. The number of pyridine rings is 1. The molecule has 0 bridgehead atoms. The number of amides is 1. The minimum absolute atomic E-state index is 0.109. The molecular weight excluding hydrogens is 278 g/mol. The number of benzene rings is 1. The van der Waals surface area contributed by atoms with Crippen molar-refractivity contribution in [2.45, 2.75) is 6.42 Å². The van der Waals surface area contributed by atoms with Crippen LogP contribution in [0.4, 0.5) is 5.69 Å². The molecule has 1 aromatic carbocycles. The topological polar surface area (TPSA) is 74.5 Å². The Morgan fingerprint density at radius 3 is 2.73 bits per heavy atom. The number of hydrogen-bond donors (Lipinski definition) is 2. The number of hydrazine groups is 1. The van der Waals surface area contributed by atoms with Crippen molar-refractivity contribution >= 4 is 22.5 Å². The second kappa shape index (κ2) is 6.72. The lowest BCUT2D eigenvalue weighted by molar-refractivity contribution is -0.121. The Morgan fingerprint density at radius 2 is 1.95 bits per heavy atom. The molecule has 22 heavy (non-hydrogen) atoms. The number of hydrogen-bond acceptors (Lipinski definition) is 5. The lowest BCUT2D eigenvalue weighted by atomic mass is 10.1. The van der Waals surface area contributed by atoms with E-state index in [4.69, 9.17) is 5.84 Å². The van der Waals surface area contributed by atoms with Gasteiger partial charge >= 0.3 is 0 Å². The van der Waals surface area contributed by atoms with Crippen LogP contribution in [0, 0.1) is 0 Å². The molecule has 1 amide bonds. The van der Waals surface area contributed by atoms with Crippen LogP contribution in [0.1, 0.15) is 6.42 Å². The lowest BCUT2D eigenvalue weighted by Gasteiger charge is -2.36. The SMILES string of the molecule is NNC(=O)CCN1CCN(c2ccnc3ccccc23)CC1. The van der Waals surface area contributed by atoms with E-state index in [1.807, 2.05) is 18.3 Å². The molecule has 6 nitrogen and oxygen atoms in total. The Hall–Kier alpha value is -2.18. The molecule has 0 saturated carbocycles. The van der Waals surface area contributed by atoms with E-state index < -0.39 is 0 Å². The van der Waals surface area contributed by atoms with Gasteiger partial charge in [-0.3, -0.25) is 20.1 Å². The Bertz CT molecular complexity index is 647. The molecule has 2 aromatic rings. The van der Waals surface area contributed by atoms with Crippen molar-refractivity contribution in [3.05, 3.63) is 36.5 Å². The van der Waals surface area contributed by atoms with Gasteiger partial charge in [0.05, 0.1) is 5.52 Å². The number of carbonyl (C=O) groups excluding carboxylic acids is 1. The number of para-hydroxylation sites is 1. The zero-order valence-corrected chi connectivity index (χ0v) is 12.5. The first-order valence-electron chi connectivity index (χ1n) is 7.58. The van der Waals surface area contributed by atoms with Crippen LogP contribution in [0.25, 0.3) is 10.9 Å². The van der Waals surface area contributed by atoms with Gasteiger partial charge < -0.3 is 4.90 Å². The maximum atomic E-state index is 11.2. The van der Waals surface area contributed by atoms with Gasteiger partial charge in [-0.05, 0) is 12.1 Å². The number of rotatable bonds is 4. The van der Waals surface area contributed by atoms with Crippen LogP contribution in [-0.2, 0) is 4.79 Å². The second-order valence-electron chi connectivity index (χ2n) is 5.49. The van der Waals surface area contributed by atoms with Crippen molar-refractivity contribution in [1.82, 2.24) is 15.3 Å². The fourth-order valence-corrected chi connectivity index (χ4v) is 2.90. The van der Waals surface area contributed by atoms with Crippen molar-refractivity contribution in [3.63, 3.8) is 0 Å². The first kappa shape index (κ1) is 14.7. The highest BCUT2D eigenvalue weighted by Crippen LogP contribution is 2.25. The number of anilines is 1. The highest BCUT2D eigenvalue weighted by Gasteiger charge is 2.19. The fraction of sp³-hybridized carbons (Fsp3) is 0.375. The summed E-state index contributed by atoms with van der Waals surface area (Å²) < 4.78 is 0. The van der Waals surface area contributed by atoms with E-state index in [-0.39, 0.29) is 5.91 Å². The quantitative estimate of drug-likeness (QED) is 0.495. The van der Waals surface area contributed by atoms with E-state index in [0.29, 0.717) is 6.42 Å². The van der Waals surface area contributed by atoms with E-state index in [2.05, 4.69) is 38.4 Å². The lowest BCUT2D eigenvalue weighted by Crippen LogP contribution is -2.47. The first-order chi connectivity index (χ1) is 10.8. The molecule has 116 valence electrons. The van der Waals surface area contributed by atoms with Gasteiger partial charge in [0.15, 0.2) is 0 Å². The van der Waals surface area contributed by atoms with Crippen molar-refractivity contribution in [1.29, 1.82) is 0 Å². The minimum atomic E-state index is -0.109. The van der Waals surface area contributed by atoms with E-state index >= 15 is 0 Å². The van der Waals surface area contributed by atoms with Crippen LogP contribution < -0.4 is 16.2 Å². The van der Waals surface area contributed by atoms with Crippen LogP contribution in [0.5, 0.6) is 0 Å². The Labute approximate surface area is 129 Å². The van der Waals surface area contributed by atoms with Crippen molar-refractivity contribution in [2.75, 3.05) is 37.6 Å². The van der Waals surface area contributed by atoms with E-state index in [9.17, 15) is 4.79 Å². The monoisotopic (exact) mass is 299 g/mol. The van der Waals surface area contributed by atoms with Gasteiger partial charge in [0, 0.05) is 56.4 Å². The zero-order valence-electron chi connectivity index (χ0n) is 12.5. The summed E-state index contributed by atoms with van der Waals surface area (Å²) in [6.07, 6.45) is 2.32. The molecule has 1 aromatic heterocycles. The molecule has 0 radical (unpaired) electrons. The number of aromatic nitrogens is 1. The van der Waals surface area contributed by atoms with Gasteiger partial charge in [0.1, 0.15) is 0 Å². The number of piperazine rings is 1. The summed E-state index contributed by atoms with van der Waals surface area (Å²) in [5.41, 5.74) is 4.45. The van der Waals surface area contributed by atoms with Crippen molar-refractivity contribution < 1.29 is 4.79 Å². The molecule has 0 spiro atoms. The van der Waals surface area contributed by atoms with Crippen LogP contribution >= 0.6 is 0 Å². The average Bonchev–Trinajstić information content (AvgIpc) is 2.59. The average molecular weight is 299 g/mol. The van der Waals surface area contributed by atoms with Gasteiger partial charge in [-0.1, -0.05) is 18.2 Å². The van der Waals surface area contributed by atoms with E-state index in [1.165, 1.54) is 11.1 Å². The molecule has 2 heterocycles.